The molecular weight excluding hydrogens is 338 g/mol. The van der Waals surface area contributed by atoms with Gasteiger partial charge in [-0.3, -0.25) is 4.79 Å². The molecule has 2 aromatic rings. The zero-order valence-electron chi connectivity index (χ0n) is 16.4. The van der Waals surface area contributed by atoms with Gasteiger partial charge in [-0.05, 0) is 35.7 Å². The van der Waals surface area contributed by atoms with Crippen molar-refractivity contribution in [2.75, 3.05) is 50.1 Å². The number of nitrogens with zero attached hydrogens (tertiary/aromatic N) is 2. The first-order chi connectivity index (χ1) is 13.1. The van der Waals surface area contributed by atoms with Crippen LogP contribution in [0.4, 0.5) is 11.4 Å². The number of rotatable bonds is 6. The van der Waals surface area contributed by atoms with Crippen LogP contribution in [0.1, 0.15) is 25.3 Å². The van der Waals surface area contributed by atoms with Crippen LogP contribution in [0.3, 0.4) is 0 Å². The van der Waals surface area contributed by atoms with Crippen molar-refractivity contribution in [1.29, 1.82) is 0 Å². The molecule has 0 saturated carbocycles. The highest BCUT2D eigenvalue weighted by Crippen LogP contribution is 2.28. The van der Waals surface area contributed by atoms with Crippen molar-refractivity contribution in [2.45, 2.75) is 19.8 Å². The Morgan fingerprint density at radius 1 is 1.04 bits per heavy atom. The highest BCUT2D eigenvalue weighted by molar-refractivity contribution is 5.81. The van der Waals surface area contributed by atoms with Crippen molar-refractivity contribution in [3.63, 3.8) is 0 Å². The minimum atomic E-state index is 0.141. The van der Waals surface area contributed by atoms with Crippen LogP contribution in [0.15, 0.2) is 48.5 Å². The van der Waals surface area contributed by atoms with Crippen LogP contribution in [0, 0.1) is 0 Å². The molecule has 0 bridgehead atoms. The summed E-state index contributed by atoms with van der Waals surface area (Å²) < 4.78 is 5.45. The van der Waals surface area contributed by atoms with Gasteiger partial charge in [0.1, 0.15) is 5.75 Å². The van der Waals surface area contributed by atoms with Gasteiger partial charge < -0.3 is 19.9 Å². The van der Waals surface area contributed by atoms with Crippen LogP contribution in [0.25, 0.3) is 0 Å². The number of carbonyl (C=O) groups is 1. The lowest BCUT2D eigenvalue weighted by Crippen LogP contribution is -2.50. The lowest BCUT2D eigenvalue weighted by molar-refractivity contribution is -0.129. The van der Waals surface area contributed by atoms with E-state index in [-0.39, 0.29) is 5.91 Å². The summed E-state index contributed by atoms with van der Waals surface area (Å²) in [6, 6.07) is 16.4. The molecule has 0 radical (unpaired) electrons. The molecule has 3 rings (SSSR count). The smallest absolute Gasteiger partial charge is 0.241 e. The molecule has 1 N–H and O–H groups in total. The number of piperazine rings is 1. The summed E-state index contributed by atoms with van der Waals surface area (Å²) in [6.45, 7) is 7.77. The summed E-state index contributed by atoms with van der Waals surface area (Å²) in [7, 11) is 1.69. The number of para-hydroxylation sites is 2. The molecule has 0 unspecified atom stereocenters. The maximum atomic E-state index is 12.5. The summed E-state index contributed by atoms with van der Waals surface area (Å²) in [4.78, 5) is 16.7. The van der Waals surface area contributed by atoms with Crippen molar-refractivity contribution in [1.82, 2.24) is 4.90 Å². The first-order valence-corrected chi connectivity index (χ1v) is 9.58. The lowest BCUT2D eigenvalue weighted by Gasteiger charge is -2.36. The Bertz CT molecular complexity index is 750. The van der Waals surface area contributed by atoms with E-state index in [9.17, 15) is 4.79 Å². The van der Waals surface area contributed by atoms with Gasteiger partial charge in [0.2, 0.25) is 5.91 Å². The summed E-state index contributed by atoms with van der Waals surface area (Å²) >= 11 is 0. The van der Waals surface area contributed by atoms with E-state index in [2.05, 4.69) is 42.3 Å². The second-order valence-corrected chi connectivity index (χ2v) is 7.17. The zero-order chi connectivity index (χ0) is 19.2. The molecule has 0 atom stereocenters. The molecule has 1 saturated heterocycles. The molecule has 1 heterocycles. The fraction of sp³-hybridized carbons (Fsp3) is 0.409. The lowest BCUT2D eigenvalue weighted by atomic mass is 10.0. The molecule has 1 fully saturated rings. The van der Waals surface area contributed by atoms with Crippen molar-refractivity contribution in [3.05, 3.63) is 54.1 Å². The zero-order valence-corrected chi connectivity index (χ0v) is 16.4. The summed E-state index contributed by atoms with van der Waals surface area (Å²) in [5, 5.41) is 3.24. The number of benzene rings is 2. The van der Waals surface area contributed by atoms with E-state index in [1.54, 1.807) is 7.11 Å². The SMILES string of the molecule is COc1ccccc1N1CCN(C(=O)CNc2ccc(C(C)C)cc2)CC1. The summed E-state index contributed by atoms with van der Waals surface area (Å²) in [5.41, 5.74) is 3.38. The monoisotopic (exact) mass is 367 g/mol. The first-order valence-electron chi connectivity index (χ1n) is 9.58. The summed E-state index contributed by atoms with van der Waals surface area (Å²) in [5.74, 6) is 1.53. The van der Waals surface area contributed by atoms with Gasteiger partial charge in [0, 0.05) is 31.9 Å². The number of hydrogen-bond acceptors (Lipinski definition) is 4. The molecule has 5 heteroatoms. The predicted octanol–water partition coefficient (Wildman–Crippen LogP) is 3.58. The van der Waals surface area contributed by atoms with E-state index in [0.29, 0.717) is 12.5 Å². The van der Waals surface area contributed by atoms with Crippen LogP contribution in [0.5, 0.6) is 5.75 Å². The molecule has 2 aromatic carbocycles. The van der Waals surface area contributed by atoms with Crippen molar-refractivity contribution in [2.24, 2.45) is 0 Å². The quantitative estimate of drug-likeness (QED) is 0.848. The van der Waals surface area contributed by atoms with E-state index >= 15 is 0 Å². The maximum Gasteiger partial charge on any atom is 0.241 e. The van der Waals surface area contributed by atoms with Gasteiger partial charge in [-0.15, -0.1) is 0 Å². The second kappa shape index (κ2) is 8.80. The van der Waals surface area contributed by atoms with Gasteiger partial charge in [0.05, 0.1) is 19.3 Å². The second-order valence-electron chi connectivity index (χ2n) is 7.17. The largest absolute Gasteiger partial charge is 0.495 e. The number of amides is 1. The van der Waals surface area contributed by atoms with Gasteiger partial charge in [-0.1, -0.05) is 38.1 Å². The maximum absolute atomic E-state index is 12.5. The molecule has 0 spiro atoms. The fourth-order valence-electron chi connectivity index (χ4n) is 3.36. The number of nitrogens with one attached hydrogen (secondary N) is 1. The third kappa shape index (κ3) is 4.73. The molecule has 27 heavy (non-hydrogen) atoms. The standard InChI is InChI=1S/C22H29N3O2/c1-17(2)18-8-10-19(11-9-18)23-16-22(26)25-14-12-24(13-15-25)20-6-4-5-7-21(20)27-3/h4-11,17,23H,12-16H2,1-3H3. The van der Waals surface area contributed by atoms with Crippen LogP contribution < -0.4 is 15.0 Å². The number of anilines is 2. The number of methoxy groups -OCH3 is 1. The predicted molar refractivity (Wildman–Crippen MR) is 111 cm³/mol. The third-order valence-corrected chi connectivity index (χ3v) is 5.08. The van der Waals surface area contributed by atoms with Crippen LogP contribution in [-0.2, 0) is 4.79 Å². The molecule has 5 nitrogen and oxygen atoms in total. The van der Waals surface area contributed by atoms with Crippen molar-refractivity contribution < 1.29 is 9.53 Å². The number of hydrogen-bond donors (Lipinski definition) is 1. The van der Waals surface area contributed by atoms with Gasteiger partial charge in [0.15, 0.2) is 0 Å². The Hall–Kier alpha value is -2.69. The highest BCUT2D eigenvalue weighted by Gasteiger charge is 2.22. The van der Waals surface area contributed by atoms with E-state index in [0.717, 1.165) is 43.3 Å². The van der Waals surface area contributed by atoms with Gasteiger partial charge >= 0.3 is 0 Å². The van der Waals surface area contributed by atoms with Crippen LogP contribution in [0.2, 0.25) is 0 Å². The van der Waals surface area contributed by atoms with Crippen molar-refractivity contribution in [3.8, 4) is 5.75 Å². The highest BCUT2D eigenvalue weighted by atomic mass is 16.5. The van der Waals surface area contributed by atoms with E-state index in [4.69, 9.17) is 4.74 Å². The molecule has 1 aliphatic rings. The third-order valence-electron chi connectivity index (χ3n) is 5.08. The normalized spacial score (nSPS) is 14.4. The van der Waals surface area contributed by atoms with Gasteiger partial charge in [-0.25, -0.2) is 0 Å². The Balaban J connectivity index is 1.50. The Kier molecular flexibility index (Phi) is 6.22. The first kappa shape index (κ1) is 19.1. The van der Waals surface area contributed by atoms with E-state index in [1.807, 2.05) is 35.2 Å². The number of carbonyl (C=O) groups excluding carboxylic acids is 1. The minimum Gasteiger partial charge on any atom is -0.495 e. The Morgan fingerprint density at radius 2 is 1.70 bits per heavy atom. The van der Waals surface area contributed by atoms with Crippen molar-refractivity contribution >= 4 is 17.3 Å². The molecule has 0 aliphatic carbocycles. The minimum absolute atomic E-state index is 0.141. The molecular formula is C22H29N3O2. The Morgan fingerprint density at radius 3 is 2.33 bits per heavy atom. The fourth-order valence-corrected chi connectivity index (χ4v) is 3.36. The van der Waals surface area contributed by atoms with Crippen LogP contribution >= 0.6 is 0 Å². The Labute approximate surface area is 161 Å². The van der Waals surface area contributed by atoms with Gasteiger partial charge in [-0.2, -0.15) is 0 Å². The summed E-state index contributed by atoms with van der Waals surface area (Å²) in [6.07, 6.45) is 0. The average molecular weight is 367 g/mol. The topological polar surface area (TPSA) is 44.8 Å². The van der Waals surface area contributed by atoms with E-state index in [1.165, 1.54) is 5.56 Å². The average Bonchev–Trinajstić information content (AvgIpc) is 2.72. The van der Waals surface area contributed by atoms with Gasteiger partial charge in [0.25, 0.3) is 0 Å². The number of ether oxygens (including phenoxy) is 1. The van der Waals surface area contributed by atoms with Crippen LogP contribution in [-0.4, -0.2) is 50.6 Å². The molecule has 1 amide bonds. The molecule has 144 valence electrons. The molecule has 0 aromatic heterocycles. The van der Waals surface area contributed by atoms with E-state index < -0.39 is 0 Å². The molecule has 1 aliphatic heterocycles.